The van der Waals surface area contributed by atoms with Gasteiger partial charge in [-0.05, 0) is 30.3 Å². The van der Waals surface area contributed by atoms with E-state index in [0.29, 0.717) is 17.1 Å². The molecule has 2 aromatic carbocycles. The third-order valence-corrected chi connectivity index (χ3v) is 4.03. The second-order valence-electron chi connectivity index (χ2n) is 4.67. The van der Waals surface area contributed by atoms with Gasteiger partial charge in [0, 0.05) is 5.56 Å². The number of hydrogen-bond donors (Lipinski definition) is 0. The zero-order valence-electron chi connectivity index (χ0n) is 13.0. The van der Waals surface area contributed by atoms with Crippen molar-refractivity contribution in [3.05, 3.63) is 57.6 Å². The van der Waals surface area contributed by atoms with Gasteiger partial charge >= 0.3 is 5.97 Å². The van der Waals surface area contributed by atoms with E-state index < -0.39 is 12.6 Å². The molecule has 0 amide bonds. The second kappa shape index (κ2) is 8.04. The monoisotopic (exact) mass is 368 g/mol. The Morgan fingerprint density at radius 2 is 1.71 bits per heavy atom. The summed E-state index contributed by atoms with van der Waals surface area (Å²) in [5.41, 5.74) is 0.432. The molecular formula is C17H14Cl2O5. The van der Waals surface area contributed by atoms with Crippen LogP contribution >= 0.6 is 23.2 Å². The van der Waals surface area contributed by atoms with E-state index in [2.05, 4.69) is 0 Å². The van der Waals surface area contributed by atoms with Gasteiger partial charge in [0.25, 0.3) is 0 Å². The first kappa shape index (κ1) is 18.1. The molecular weight excluding hydrogens is 355 g/mol. The van der Waals surface area contributed by atoms with Crippen LogP contribution in [-0.2, 0) is 4.74 Å². The number of ketones is 1. The quantitative estimate of drug-likeness (QED) is 0.568. The van der Waals surface area contributed by atoms with E-state index in [9.17, 15) is 9.59 Å². The Balaban J connectivity index is 2.08. The predicted molar refractivity (Wildman–Crippen MR) is 90.6 cm³/mol. The van der Waals surface area contributed by atoms with Crippen molar-refractivity contribution in [1.82, 2.24) is 0 Å². The van der Waals surface area contributed by atoms with Crippen molar-refractivity contribution in [3.63, 3.8) is 0 Å². The third-order valence-electron chi connectivity index (χ3n) is 3.21. The molecule has 0 aromatic heterocycles. The molecule has 126 valence electrons. The van der Waals surface area contributed by atoms with E-state index >= 15 is 0 Å². The first-order chi connectivity index (χ1) is 11.5. The molecule has 0 unspecified atom stereocenters. The summed E-state index contributed by atoms with van der Waals surface area (Å²) < 4.78 is 15.2. The van der Waals surface area contributed by atoms with Gasteiger partial charge in [-0.1, -0.05) is 29.3 Å². The zero-order chi connectivity index (χ0) is 17.7. The van der Waals surface area contributed by atoms with E-state index in [0.717, 1.165) is 0 Å². The smallest absolute Gasteiger partial charge is 0.340 e. The molecule has 0 aliphatic heterocycles. The highest BCUT2D eigenvalue weighted by molar-refractivity contribution is 6.43. The van der Waals surface area contributed by atoms with Crippen LogP contribution in [0, 0.1) is 0 Å². The first-order valence-corrected chi connectivity index (χ1v) is 7.60. The van der Waals surface area contributed by atoms with Crippen molar-refractivity contribution in [2.45, 2.75) is 0 Å². The molecule has 0 spiro atoms. The fourth-order valence-corrected chi connectivity index (χ4v) is 2.34. The van der Waals surface area contributed by atoms with Crippen molar-refractivity contribution in [3.8, 4) is 11.5 Å². The van der Waals surface area contributed by atoms with Crippen molar-refractivity contribution < 1.29 is 23.8 Å². The summed E-state index contributed by atoms with van der Waals surface area (Å²) in [5, 5.41) is 0.320. The highest BCUT2D eigenvalue weighted by Crippen LogP contribution is 2.28. The predicted octanol–water partition coefficient (Wildman–Crippen LogP) is 4.05. The lowest BCUT2D eigenvalue weighted by Crippen LogP contribution is -2.14. The Hall–Kier alpha value is -2.24. The van der Waals surface area contributed by atoms with Gasteiger partial charge in [0.15, 0.2) is 23.9 Å². The van der Waals surface area contributed by atoms with Crippen LogP contribution < -0.4 is 9.47 Å². The number of halogens is 2. The molecule has 0 heterocycles. The lowest BCUT2D eigenvalue weighted by molar-refractivity contribution is 0.0475. The highest BCUT2D eigenvalue weighted by atomic mass is 35.5. The average molecular weight is 369 g/mol. The number of hydrogen-bond acceptors (Lipinski definition) is 5. The summed E-state index contributed by atoms with van der Waals surface area (Å²) in [6.45, 7) is -0.433. The SMILES string of the molecule is COc1ccc(C(=O)COC(=O)c2cccc(Cl)c2Cl)cc1OC. The summed E-state index contributed by atoms with van der Waals surface area (Å²) in [7, 11) is 2.96. The van der Waals surface area contributed by atoms with Crippen LogP contribution in [0.1, 0.15) is 20.7 Å². The molecule has 0 saturated heterocycles. The zero-order valence-corrected chi connectivity index (χ0v) is 14.5. The minimum Gasteiger partial charge on any atom is -0.493 e. The fraction of sp³-hybridized carbons (Fsp3) is 0.176. The van der Waals surface area contributed by atoms with Crippen molar-refractivity contribution >= 4 is 35.0 Å². The van der Waals surface area contributed by atoms with Gasteiger partial charge in [-0.3, -0.25) is 4.79 Å². The van der Waals surface area contributed by atoms with Crippen LogP contribution in [0.5, 0.6) is 11.5 Å². The number of ether oxygens (including phenoxy) is 3. The molecule has 0 atom stereocenters. The molecule has 0 saturated carbocycles. The van der Waals surface area contributed by atoms with E-state index in [1.807, 2.05) is 0 Å². The van der Waals surface area contributed by atoms with Gasteiger partial charge in [0.1, 0.15) is 0 Å². The van der Waals surface area contributed by atoms with Crippen LogP contribution in [0.2, 0.25) is 10.0 Å². The molecule has 2 rings (SSSR count). The van der Waals surface area contributed by atoms with Gasteiger partial charge < -0.3 is 14.2 Å². The van der Waals surface area contributed by atoms with Gasteiger partial charge in [-0.15, -0.1) is 0 Å². The molecule has 0 aliphatic carbocycles. The molecule has 5 nitrogen and oxygen atoms in total. The summed E-state index contributed by atoms with van der Waals surface area (Å²) in [6.07, 6.45) is 0. The Labute approximate surface area is 149 Å². The van der Waals surface area contributed by atoms with Gasteiger partial charge in [0.05, 0.1) is 29.8 Å². The normalized spacial score (nSPS) is 10.2. The lowest BCUT2D eigenvalue weighted by Gasteiger charge is -2.10. The van der Waals surface area contributed by atoms with E-state index in [4.69, 9.17) is 37.4 Å². The maximum atomic E-state index is 12.2. The Kier molecular flexibility index (Phi) is 6.06. The largest absolute Gasteiger partial charge is 0.493 e. The standard InChI is InChI=1S/C17H14Cl2O5/c1-22-14-7-6-10(8-15(14)23-2)13(20)9-24-17(21)11-4-3-5-12(18)16(11)19/h3-8H,9H2,1-2H3. The van der Waals surface area contributed by atoms with Gasteiger partial charge in [0.2, 0.25) is 0 Å². The summed E-state index contributed by atoms with van der Waals surface area (Å²) in [5.74, 6) is -0.205. The van der Waals surface area contributed by atoms with Crippen LogP contribution in [-0.4, -0.2) is 32.6 Å². The minimum atomic E-state index is -0.726. The second-order valence-corrected chi connectivity index (χ2v) is 5.46. The fourth-order valence-electron chi connectivity index (χ4n) is 1.96. The van der Waals surface area contributed by atoms with Crippen molar-refractivity contribution in [2.24, 2.45) is 0 Å². The van der Waals surface area contributed by atoms with E-state index in [-0.39, 0.29) is 21.4 Å². The Morgan fingerprint density at radius 1 is 1.00 bits per heavy atom. The number of methoxy groups -OCH3 is 2. The Bertz CT molecular complexity index is 774. The third kappa shape index (κ3) is 3.99. The summed E-state index contributed by atoms with van der Waals surface area (Å²) in [4.78, 5) is 24.2. The van der Waals surface area contributed by atoms with Crippen LogP contribution in [0.15, 0.2) is 36.4 Å². The Morgan fingerprint density at radius 3 is 2.38 bits per heavy atom. The van der Waals surface area contributed by atoms with Crippen LogP contribution in [0.4, 0.5) is 0 Å². The number of carbonyl (C=O) groups excluding carboxylic acids is 2. The van der Waals surface area contributed by atoms with Crippen LogP contribution in [0.3, 0.4) is 0 Å². The van der Waals surface area contributed by atoms with Gasteiger partial charge in [-0.2, -0.15) is 0 Å². The van der Waals surface area contributed by atoms with Gasteiger partial charge in [-0.25, -0.2) is 4.79 Å². The molecule has 7 heteroatoms. The molecule has 2 aromatic rings. The molecule has 0 N–H and O–H groups in total. The van der Waals surface area contributed by atoms with Crippen molar-refractivity contribution in [1.29, 1.82) is 0 Å². The van der Waals surface area contributed by atoms with E-state index in [1.54, 1.807) is 24.3 Å². The molecule has 0 bridgehead atoms. The number of esters is 1. The lowest BCUT2D eigenvalue weighted by atomic mass is 10.1. The number of carbonyl (C=O) groups is 2. The maximum Gasteiger partial charge on any atom is 0.340 e. The summed E-state index contributed by atoms with van der Waals surface area (Å²) >= 11 is 11.8. The summed E-state index contributed by atoms with van der Waals surface area (Å²) in [6, 6.07) is 9.26. The van der Waals surface area contributed by atoms with E-state index in [1.165, 1.54) is 26.4 Å². The molecule has 0 aliphatic rings. The molecule has 0 radical (unpaired) electrons. The highest BCUT2D eigenvalue weighted by Gasteiger charge is 2.17. The first-order valence-electron chi connectivity index (χ1n) is 6.84. The van der Waals surface area contributed by atoms with Crippen molar-refractivity contribution in [2.75, 3.05) is 20.8 Å². The number of Topliss-reactive ketones (excluding diaryl/α,β-unsaturated/α-hetero) is 1. The molecule has 0 fully saturated rings. The minimum absolute atomic E-state index is 0.0859. The topological polar surface area (TPSA) is 61.8 Å². The maximum absolute atomic E-state index is 12.2. The number of benzene rings is 2. The average Bonchev–Trinajstić information content (AvgIpc) is 2.60. The number of rotatable bonds is 6. The molecule has 24 heavy (non-hydrogen) atoms. The van der Waals surface area contributed by atoms with Crippen LogP contribution in [0.25, 0.3) is 0 Å².